The van der Waals surface area contributed by atoms with Crippen molar-refractivity contribution < 1.29 is 9.18 Å². The maximum Gasteiger partial charge on any atom is 0.237 e. The van der Waals surface area contributed by atoms with Gasteiger partial charge in [0.1, 0.15) is 5.82 Å². The van der Waals surface area contributed by atoms with Crippen molar-refractivity contribution in [2.75, 3.05) is 20.1 Å². The van der Waals surface area contributed by atoms with Gasteiger partial charge in [-0.1, -0.05) is 31.9 Å². The maximum absolute atomic E-state index is 13.2. The van der Waals surface area contributed by atoms with Crippen molar-refractivity contribution in [1.82, 2.24) is 15.1 Å². The number of piperidine rings is 1. The largest absolute Gasteiger partial charge is 0.334 e. The average molecular weight is 359 g/mol. The van der Waals surface area contributed by atoms with Crippen molar-refractivity contribution in [2.45, 2.75) is 63.7 Å². The van der Waals surface area contributed by atoms with E-state index in [1.807, 2.05) is 11.9 Å². The van der Waals surface area contributed by atoms with E-state index < -0.39 is 0 Å². The first-order valence-electron chi connectivity index (χ1n) is 9.95. The lowest BCUT2D eigenvalue weighted by atomic mass is 9.72. The van der Waals surface area contributed by atoms with E-state index in [0.29, 0.717) is 31.2 Å². The molecule has 4 rings (SSSR count). The number of rotatable bonds is 4. The number of carbonyl (C=O) groups excluding carboxylic acids is 1. The first-order chi connectivity index (χ1) is 12.5. The van der Waals surface area contributed by atoms with Crippen molar-refractivity contribution in [2.24, 2.45) is 5.41 Å². The van der Waals surface area contributed by atoms with Crippen molar-refractivity contribution in [3.05, 3.63) is 35.6 Å². The summed E-state index contributed by atoms with van der Waals surface area (Å²) in [7, 11) is 1.97. The van der Waals surface area contributed by atoms with Crippen LogP contribution in [0.4, 0.5) is 4.39 Å². The van der Waals surface area contributed by atoms with Gasteiger partial charge in [0.15, 0.2) is 0 Å². The minimum atomic E-state index is -0.222. The highest BCUT2D eigenvalue weighted by Gasteiger charge is 2.57. The average Bonchev–Trinajstić information content (AvgIpc) is 2.71. The van der Waals surface area contributed by atoms with Gasteiger partial charge in [-0.3, -0.25) is 9.69 Å². The third kappa shape index (κ3) is 3.16. The molecular weight excluding hydrogens is 329 g/mol. The van der Waals surface area contributed by atoms with E-state index in [1.165, 1.54) is 31.4 Å². The summed E-state index contributed by atoms with van der Waals surface area (Å²) in [6.45, 7) is 4.41. The van der Waals surface area contributed by atoms with Crippen molar-refractivity contribution in [3.8, 4) is 0 Å². The fourth-order valence-corrected chi connectivity index (χ4v) is 5.60. The molecule has 5 heteroatoms. The number of carbonyl (C=O) groups is 1. The molecule has 1 aliphatic carbocycles. The second kappa shape index (κ2) is 6.93. The minimum absolute atomic E-state index is 0.222. The molecule has 26 heavy (non-hydrogen) atoms. The fraction of sp³-hybridized carbons (Fsp3) is 0.667. The van der Waals surface area contributed by atoms with Crippen LogP contribution in [0.15, 0.2) is 24.3 Å². The van der Waals surface area contributed by atoms with Crippen molar-refractivity contribution in [3.63, 3.8) is 0 Å². The summed E-state index contributed by atoms with van der Waals surface area (Å²) in [5.41, 5.74) is 1.26. The molecule has 3 fully saturated rings. The number of benzene rings is 1. The van der Waals surface area contributed by atoms with Crippen molar-refractivity contribution >= 4 is 5.91 Å². The number of likely N-dealkylation sites (tertiary alicyclic amines) is 1. The fourth-order valence-electron chi connectivity index (χ4n) is 5.60. The van der Waals surface area contributed by atoms with E-state index in [0.717, 1.165) is 24.9 Å². The molecule has 1 aromatic rings. The van der Waals surface area contributed by atoms with E-state index >= 15 is 0 Å². The van der Waals surface area contributed by atoms with Gasteiger partial charge in [0, 0.05) is 36.6 Å². The van der Waals surface area contributed by atoms with Crippen LogP contribution >= 0.6 is 0 Å². The summed E-state index contributed by atoms with van der Waals surface area (Å²) < 4.78 is 13.1. The molecule has 2 aliphatic heterocycles. The van der Waals surface area contributed by atoms with E-state index in [1.54, 1.807) is 12.1 Å². The van der Waals surface area contributed by atoms with E-state index in [4.69, 9.17) is 0 Å². The Morgan fingerprint density at radius 3 is 2.81 bits per heavy atom. The Morgan fingerprint density at radius 2 is 2.04 bits per heavy atom. The Labute approximate surface area is 155 Å². The normalized spacial score (nSPS) is 33.4. The second-order valence-corrected chi connectivity index (χ2v) is 8.72. The van der Waals surface area contributed by atoms with E-state index in [2.05, 4.69) is 17.1 Å². The lowest BCUT2D eigenvalue weighted by molar-refractivity contribution is -0.135. The number of nitrogens with one attached hydrogen (secondary N) is 1. The van der Waals surface area contributed by atoms with E-state index in [-0.39, 0.29) is 17.1 Å². The summed E-state index contributed by atoms with van der Waals surface area (Å²) in [6.07, 6.45) is 6.01. The molecule has 4 nitrogen and oxygen atoms in total. The highest BCUT2D eigenvalue weighted by molar-refractivity contribution is 5.79. The zero-order valence-electron chi connectivity index (χ0n) is 15.9. The van der Waals surface area contributed by atoms with Gasteiger partial charge in [-0.05, 0) is 44.0 Å². The molecule has 2 bridgehead atoms. The van der Waals surface area contributed by atoms with Crippen LogP contribution in [0.1, 0.15) is 44.6 Å². The molecule has 1 saturated carbocycles. The third-order valence-electron chi connectivity index (χ3n) is 6.84. The van der Waals surface area contributed by atoms with Crippen LogP contribution in [-0.2, 0) is 11.3 Å². The summed E-state index contributed by atoms with van der Waals surface area (Å²) in [4.78, 5) is 17.5. The number of fused-ring (bicyclic) bond motifs is 1. The molecule has 2 saturated heterocycles. The Balaban J connectivity index is 1.45. The molecule has 142 valence electrons. The van der Waals surface area contributed by atoms with Gasteiger partial charge in [-0.15, -0.1) is 0 Å². The molecule has 4 atom stereocenters. The van der Waals surface area contributed by atoms with Crippen LogP contribution in [0, 0.1) is 11.2 Å². The first kappa shape index (κ1) is 17.9. The predicted octanol–water partition coefficient (Wildman–Crippen LogP) is 2.78. The van der Waals surface area contributed by atoms with Crippen molar-refractivity contribution in [1.29, 1.82) is 0 Å². The van der Waals surface area contributed by atoms with Gasteiger partial charge < -0.3 is 10.2 Å². The second-order valence-electron chi connectivity index (χ2n) is 8.72. The topological polar surface area (TPSA) is 35.6 Å². The Bertz CT molecular complexity index is 664. The maximum atomic E-state index is 13.2. The van der Waals surface area contributed by atoms with Crippen LogP contribution in [-0.4, -0.2) is 54.0 Å². The molecule has 0 aromatic heterocycles. The standard InChI is InChI=1S/C21H30FN3O/c1-21-11-17-12-23-18(21)5-3-4-6-19(21)25(17)20(26)14-24(2)13-15-7-9-16(22)10-8-15/h7-10,17-19,23H,3-6,11-14H2,1-2H3/t17-,18+,19-,21+/m0/s1. The van der Waals surface area contributed by atoms with E-state index in [9.17, 15) is 9.18 Å². The Morgan fingerprint density at radius 1 is 1.31 bits per heavy atom. The smallest absolute Gasteiger partial charge is 0.237 e. The van der Waals surface area contributed by atoms with Crippen LogP contribution in [0.5, 0.6) is 0 Å². The lowest BCUT2D eigenvalue weighted by Gasteiger charge is -2.39. The van der Waals surface area contributed by atoms with Gasteiger partial charge >= 0.3 is 0 Å². The predicted molar refractivity (Wildman–Crippen MR) is 100 cm³/mol. The number of amides is 1. The molecule has 1 N–H and O–H groups in total. The summed E-state index contributed by atoms with van der Waals surface area (Å²) in [5.74, 6) is 0.0261. The lowest BCUT2D eigenvalue weighted by Crippen LogP contribution is -2.51. The van der Waals surface area contributed by atoms with Gasteiger partial charge in [0.05, 0.1) is 6.54 Å². The number of nitrogens with zero attached hydrogens (tertiary/aromatic N) is 2. The molecule has 1 aromatic carbocycles. The molecular formula is C21H30FN3O. The van der Waals surface area contributed by atoms with Crippen LogP contribution < -0.4 is 5.32 Å². The number of hydrogen-bond acceptors (Lipinski definition) is 3. The first-order valence-corrected chi connectivity index (χ1v) is 9.95. The molecule has 0 spiro atoms. The third-order valence-corrected chi connectivity index (χ3v) is 6.84. The quantitative estimate of drug-likeness (QED) is 0.898. The van der Waals surface area contributed by atoms with Gasteiger partial charge in [-0.25, -0.2) is 4.39 Å². The number of likely N-dealkylation sites (N-methyl/N-ethyl adjacent to an activating group) is 1. The summed E-state index contributed by atoms with van der Waals surface area (Å²) in [5, 5.41) is 3.73. The number of hydrogen-bond donors (Lipinski definition) is 1. The Hall–Kier alpha value is -1.46. The SMILES string of the molecule is CN(CC(=O)N1[C@@H]2CN[C@@H]3CCCC[C@H]1[C@]3(C)C2)Cc1ccc(F)cc1. The molecule has 1 amide bonds. The zero-order chi connectivity index (χ0) is 18.3. The number of halogens is 1. The van der Waals surface area contributed by atoms with Gasteiger partial charge in [-0.2, -0.15) is 0 Å². The minimum Gasteiger partial charge on any atom is -0.334 e. The molecule has 0 radical (unpaired) electrons. The summed E-state index contributed by atoms with van der Waals surface area (Å²) >= 11 is 0. The molecule has 3 aliphatic rings. The highest BCUT2D eigenvalue weighted by atomic mass is 19.1. The highest BCUT2D eigenvalue weighted by Crippen LogP contribution is 2.50. The summed E-state index contributed by atoms with van der Waals surface area (Å²) in [6, 6.07) is 7.81. The monoisotopic (exact) mass is 359 g/mol. The van der Waals surface area contributed by atoms with Gasteiger partial charge in [0.25, 0.3) is 0 Å². The Kier molecular flexibility index (Phi) is 4.78. The zero-order valence-corrected chi connectivity index (χ0v) is 15.9. The molecule has 0 unspecified atom stereocenters. The molecule has 2 heterocycles. The van der Waals surface area contributed by atoms with Crippen LogP contribution in [0.2, 0.25) is 0 Å². The van der Waals surface area contributed by atoms with Crippen LogP contribution in [0.25, 0.3) is 0 Å². The van der Waals surface area contributed by atoms with Gasteiger partial charge in [0.2, 0.25) is 5.91 Å². The van der Waals surface area contributed by atoms with Crippen LogP contribution in [0.3, 0.4) is 0 Å².